The predicted octanol–water partition coefficient (Wildman–Crippen LogP) is 5.33. The van der Waals surface area contributed by atoms with Crippen LogP contribution < -0.4 is 4.90 Å². The van der Waals surface area contributed by atoms with Gasteiger partial charge in [-0.15, -0.1) is 0 Å². The topological polar surface area (TPSA) is 94.7 Å². The average Bonchev–Trinajstić information content (AvgIpc) is 3.18. The number of aryl methyl sites for hydroxylation is 2. The van der Waals surface area contributed by atoms with Gasteiger partial charge in [-0.25, -0.2) is 9.69 Å². The SMILES string of the molecule is Cc1ccc2c(c1)[C@](CC[N+](=O)[O-])(c1cn(C)c3c(I)cccc13)C(=O)N2C(=O)OC(C)(C)C. The average molecular weight is 575 g/mol. The van der Waals surface area contributed by atoms with E-state index in [4.69, 9.17) is 4.74 Å². The number of nitro groups is 1. The Morgan fingerprint density at radius 3 is 2.56 bits per heavy atom. The van der Waals surface area contributed by atoms with Crippen LogP contribution in [0.25, 0.3) is 10.9 Å². The molecule has 9 heteroatoms. The highest BCUT2D eigenvalue weighted by Crippen LogP contribution is 2.51. The lowest BCUT2D eigenvalue weighted by atomic mass is 9.72. The Hall–Kier alpha value is -2.95. The number of fused-ring (bicyclic) bond motifs is 2. The van der Waals surface area contributed by atoms with Crippen LogP contribution in [0.3, 0.4) is 0 Å². The van der Waals surface area contributed by atoms with E-state index in [2.05, 4.69) is 22.6 Å². The van der Waals surface area contributed by atoms with E-state index in [9.17, 15) is 19.7 Å². The normalized spacial score (nSPS) is 17.8. The number of aromatic nitrogens is 1. The molecular formula is C25H26IN3O5. The molecule has 2 aromatic carbocycles. The summed E-state index contributed by atoms with van der Waals surface area (Å²) in [4.78, 5) is 39.7. The smallest absolute Gasteiger partial charge is 0.421 e. The molecule has 1 aliphatic heterocycles. The van der Waals surface area contributed by atoms with Gasteiger partial charge in [0.2, 0.25) is 6.54 Å². The Labute approximate surface area is 211 Å². The van der Waals surface area contributed by atoms with Crippen molar-refractivity contribution >= 4 is 51.2 Å². The number of carbonyl (C=O) groups is 2. The maximum Gasteiger partial charge on any atom is 0.421 e. The first-order valence-corrected chi connectivity index (χ1v) is 12.0. The fourth-order valence-electron chi connectivity index (χ4n) is 4.75. The molecule has 1 atom stereocenters. The summed E-state index contributed by atoms with van der Waals surface area (Å²) in [5.41, 5.74) is 1.22. The molecule has 0 saturated heterocycles. The van der Waals surface area contributed by atoms with E-state index < -0.39 is 34.5 Å². The van der Waals surface area contributed by atoms with Crippen LogP contribution >= 0.6 is 22.6 Å². The molecule has 0 aliphatic carbocycles. The van der Waals surface area contributed by atoms with Gasteiger partial charge in [-0.3, -0.25) is 14.9 Å². The Morgan fingerprint density at radius 1 is 1.21 bits per heavy atom. The molecule has 178 valence electrons. The van der Waals surface area contributed by atoms with Crippen molar-refractivity contribution in [3.05, 3.63) is 73.0 Å². The first-order valence-electron chi connectivity index (χ1n) is 10.9. The first-order chi connectivity index (χ1) is 15.9. The Morgan fingerprint density at radius 2 is 1.91 bits per heavy atom. The number of amides is 2. The molecule has 1 aromatic heterocycles. The van der Waals surface area contributed by atoms with E-state index in [1.165, 1.54) is 0 Å². The molecule has 0 saturated carbocycles. The molecule has 3 aromatic rings. The fraction of sp³-hybridized carbons (Fsp3) is 0.360. The minimum Gasteiger partial charge on any atom is -0.443 e. The summed E-state index contributed by atoms with van der Waals surface area (Å²) in [6, 6.07) is 11.2. The number of ether oxygens (including phenoxy) is 1. The van der Waals surface area contributed by atoms with E-state index in [1.54, 1.807) is 26.8 Å². The highest BCUT2D eigenvalue weighted by molar-refractivity contribution is 14.1. The molecule has 0 N–H and O–H groups in total. The lowest BCUT2D eigenvalue weighted by molar-refractivity contribution is -0.481. The monoisotopic (exact) mass is 575 g/mol. The maximum absolute atomic E-state index is 14.3. The second-order valence-electron chi connectivity index (χ2n) is 9.64. The molecule has 2 heterocycles. The van der Waals surface area contributed by atoms with Gasteiger partial charge in [0.05, 0.1) is 11.2 Å². The number of rotatable bonds is 4. The number of imide groups is 1. The zero-order valence-electron chi connectivity index (χ0n) is 19.7. The summed E-state index contributed by atoms with van der Waals surface area (Å²) in [5.74, 6) is -0.532. The van der Waals surface area contributed by atoms with E-state index in [-0.39, 0.29) is 6.42 Å². The summed E-state index contributed by atoms with van der Waals surface area (Å²) in [7, 11) is 1.89. The summed E-state index contributed by atoms with van der Waals surface area (Å²) >= 11 is 2.24. The summed E-state index contributed by atoms with van der Waals surface area (Å²) in [5, 5.41) is 12.3. The van der Waals surface area contributed by atoms with Gasteiger partial charge in [0.1, 0.15) is 11.0 Å². The molecule has 8 nitrogen and oxygen atoms in total. The Bertz CT molecular complexity index is 1340. The van der Waals surface area contributed by atoms with Crippen LogP contribution in [0.1, 0.15) is 43.9 Å². The highest BCUT2D eigenvalue weighted by atomic mass is 127. The number of halogens is 1. The fourth-order valence-corrected chi connectivity index (χ4v) is 5.62. The van der Waals surface area contributed by atoms with E-state index >= 15 is 0 Å². The third-order valence-corrected chi connectivity index (χ3v) is 6.95. The number of benzene rings is 2. The molecule has 0 spiro atoms. The van der Waals surface area contributed by atoms with Crippen LogP contribution in [0.2, 0.25) is 0 Å². The maximum atomic E-state index is 14.3. The summed E-state index contributed by atoms with van der Waals surface area (Å²) in [6.07, 6.45) is 0.981. The molecule has 0 bridgehead atoms. The van der Waals surface area contributed by atoms with Crippen molar-refractivity contribution in [2.24, 2.45) is 7.05 Å². The van der Waals surface area contributed by atoms with Gasteiger partial charge < -0.3 is 9.30 Å². The number of anilines is 1. The highest BCUT2D eigenvalue weighted by Gasteiger charge is 2.56. The molecule has 4 rings (SSSR count). The van der Waals surface area contributed by atoms with Gasteiger partial charge in [0.25, 0.3) is 5.91 Å². The van der Waals surface area contributed by atoms with E-state index in [0.717, 1.165) is 24.9 Å². The third-order valence-electron chi connectivity index (χ3n) is 6.08. The Kier molecular flexibility index (Phi) is 5.95. The number of hydrogen-bond donors (Lipinski definition) is 0. The van der Waals surface area contributed by atoms with Crippen molar-refractivity contribution < 1.29 is 19.2 Å². The van der Waals surface area contributed by atoms with Crippen LogP contribution in [0, 0.1) is 20.6 Å². The standard InChI is InChI=1S/C25H26IN3O5/c1-15-9-10-20-17(13-15)25(11-12-28(32)33,22(30)29(20)23(31)34-24(2,3)4)18-14-27(5)21-16(18)7-6-8-19(21)26/h6-10,13-14H,11-12H2,1-5H3/t25-/m1/s1. The van der Waals surface area contributed by atoms with Gasteiger partial charge in [-0.1, -0.05) is 29.8 Å². The van der Waals surface area contributed by atoms with Crippen LogP contribution in [0.4, 0.5) is 10.5 Å². The quantitative estimate of drug-likeness (QED) is 0.238. The van der Waals surface area contributed by atoms with Crippen LogP contribution in [0.15, 0.2) is 42.6 Å². The lowest BCUT2D eigenvalue weighted by Gasteiger charge is -2.28. The van der Waals surface area contributed by atoms with Crippen LogP contribution in [-0.2, 0) is 22.0 Å². The number of hydrogen-bond acceptors (Lipinski definition) is 5. The first kappa shape index (κ1) is 24.2. The van der Waals surface area contributed by atoms with Crippen LogP contribution in [-0.4, -0.2) is 33.6 Å². The van der Waals surface area contributed by atoms with Crippen molar-refractivity contribution in [3.8, 4) is 0 Å². The van der Waals surface area contributed by atoms with E-state index in [1.807, 2.05) is 55.1 Å². The largest absolute Gasteiger partial charge is 0.443 e. The minimum absolute atomic E-state index is 0.0842. The molecule has 2 amide bonds. The summed E-state index contributed by atoms with van der Waals surface area (Å²) in [6.45, 7) is 6.66. The van der Waals surface area contributed by atoms with Crippen molar-refractivity contribution in [1.29, 1.82) is 0 Å². The van der Waals surface area contributed by atoms with Gasteiger partial charge in [0.15, 0.2) is 0 Å². The summed E-state index contributed by atoms with van der Waals surface area (Å²) < 4.78 is 8.49. The molecule has 0 unspecified atom stereocenters. The van der Waals surface area contributed by atoms with Crippen molar-refractivity contribution in [3.63, 3.8) is 0 Å². The molecule has 34 heavy (non-hydrogen) atoms. The van der Waals surface area contributed by atoms with Gasteiger partial charge >= 0.3 is 6.09 Å². The number of para-hydroxylation sites is 1. The number of carbonyl (C=O) groups excluding carboxylic acids is 2. The van der Waals surface area contributed by atoms with Crippen LogP contribution in [0.5, 0.6) is 0 Å². The lowest BCUT2D eigenvalue weighted by Crippen LogP contribution is -2.46. The van der Waals surface area contributed by atoms with Gasteiger partial charge in [-0.2, -0.15) is 0 Å². The minimum atomic E-state index is -1.41. The molecule has 0 fully saturated rings. The van der Waals surface area contributed by atoms with Crippen molar-refractivity contribution in [1.82, 2.24) is 4.57 Å². The zero-order chi connectivity index (χ0) is 25.0. The Balaban J connectivity index is 2.04. The second-order valence-corrected chi connectivity index (χ2v) is 10.8. The van der Waals surface area contributed by atoms with Crippen molar-refractivity contribution in [2.75, 3.05) is 11.4 Å². The van der Waals surface area contributed by atoms with Crippen molar-refractivity contribution in [2.45, 2.75) is 45.1 Å². The van der Waals surface area contributed by atoms with E-state index in [0.29, 0.717) is 16.8 Å². The second kappa shape index (κ2) is 8.37. The molecule has 0 radical (unpaired) electrons. The van der Waals surface area contributed by atoms with Gasteiger partial charge in [-0.05, 0) is 73.5 Å². The molecular weight excluding hydrogens is 549 g/mol. The zero-order valence-corrected chi connectivity index (χ0v) is 21.9. The van der Waals surface area contributed by atoms with Gasteiger partial charge in [0, 0.05) is 33.5 Å². The predicted molar refractivity (Wildman–Crippen MR) is 138 cm³/mol. The number of nitrogens with zero attached hydrogens (tertiary/aromatic N) is 3. The molecule has 1 aliphatic rings. The third kappa shape index (κ3) is 3.85.